The van der Waals surface area contributed by atoms with Gasteiger partial charge < -0.3 is 13.7 Å². The molecule has 3 aliphatic rings. The number of aromatic nitrogens is 3. The molecule has 0 saturated carbocycles. The lowest BCUT2D eigenvalue weighted by Gasteiger charge is -2.27. The highest BCUT2D eigenvalue weighted by Crippen LogP contribution is 2.36. The molecule has 0 amide bonds. The molecule has 0 N–H and O–H groups in total. The summed E-state index contributed by atoms with van der Waals surface area (Å²) in [6.45, 7) is 7.35. The second-order valence-electron chi connectivity index (χ2n) is 22.4. The third-order valence-corrected chi connectivity index (χ3v) is 17.9. The smallest absolute Gasteiger partial charge is 0.247 e. The Morgan fingerprint density at radius 1 is 0.235 bits per heavy atom. The lowest BCUT2D eigenvalue weighted by molar-refractivity contribution is 1.19. The predicted molar refractivity (Wildman–Crippen MR) is 350 cm³/mol. The Morgan fingerprint density at radius 2 is 0.580 bits per heavy atom. The number of nitrogens with zero attached hydrogens (tertiary/aromatic N) is 3. The van der Waals surface area contributed by atoms with Crippen LogP contribution in [0.1, 0.15) is 16.7 Å². The summed E-state index contributed by atoms with van der Waals surface area (Å²) >= 11 is 0. The summed E-state index contributed by atoms with van der Waals surface area (Å²) < 4.78 is 7.38. The third kappa shape index (κ3) is 7.19. The zero-order valence-electron chi connectivity index (χ0n) is 45.6. The maximum atomic E-state index is 2.46. The molecule has 0 spiro atoms. The number of fused-ring (bicyclic) bond motifs is 15. The van der Waals surface area contributed by atoms with Gasteiger partial charge >= 0.3 is 0 Å². The van der Waals surface area contributed by atoms with Crippen molar-refractivity contribution in [3.05, 3.63) is 290 Å². The molecule has 3 nitrogen and oxygen atoms in total. The lowest BCUT2D eigenvalue weighted by Crippen LogP contribution is -2.56. The fraction of sp³-hybridized carbons (Fsp3) is 0.0400. The van der Waals surface area contributed by atoms with E-state index < -0.39 is 0 Å². The molecule has 0 aliphatic carbocycles. The van der Waals surface area contributed by atoms with Crippen LogP contribution in [0, 0.1) is 20.8 Å². The van der Waals surface area contributed by atoms with Crippen molar-refractivity contribution < 1.29 is 0 Å². The van der Waals surface area contributed by atoms with Crippen molar-refractivity contribution in [2.24, 2.45) is 0 Å². The number of aryl methyl sites for hydroxylation is 3. The first-order valence-electron chi connectivity index (χ1n) is 28.5. The Labute approximate surface area is 473 Å². The van der Waals surface area contributed by atoms with E-state index in [9.17, 15) is 0 Å². The number of rotatable bonds is 3. The zero-order valence-corrected chi connectivity index (χ0v) is 45.6. The third-order valence-electron chi connectivity index (χ3n) is 17.9. The van der Waals surface area contributed by atoms with Gasteiger partial charge in [0.2, 0.25) is 20.1 Å². The normalized spacial score (nSPS) is 12.6. The van der Waals surface area contributed by atoms with Gasteiger partial charge in [0.15, 0.2) is 0 Å². The Morgan fingerprint density at radius 3 is 1.04 bits per heavy atom. The Bertz CT molecular complexity index is 5020. The molecule has 0 saturated heterocycles. The van der Waals surface area contributed by atoms with Crippen LogP contribution in [0.25, 0.3) is 82.5 Å². The average Bonchev–Trinajstić information content (AvgIpc) is 4.20. The minimum atomic E-state index is 0.265. The molecule has 0 unspecified atom stereocenters. The van der Waals surface area contributed by atoms with E-state index in [0.717, 1.165) is 0 Å². The molecular weight excluding hydrogens is 975 g/mol. The van der Waals surface area contributed by atoms with Gasteiger partial charge in [0, 0.05) is 65.9 Å². The standard InChI is InChI=1S/3C25H18BN/c1-17-9-2-4-12-20(17)26-21-13-5-7-16-24(21)27-23-15-6-3-10-18(23)19-11-8-14-22(26)25(19)27;1-17-8-6-9-18(16-17)26-21-12-3-5-15-24(21)27-23-14-4-2-10-19(23)20-11-7-13-22(26)25(20)27;1-17-13-15-18(16-14-17)26-21-9-3-5-12-24(21)27-23-11-4-2-7-19(23)20-8-6-10-22(26)25(20)27/h3*2-16H,1H3. The van der Waals surface area contributed by atoms with Crippen molar-refractivity contribution >= 4 is 135 Å². The predicted octanol–water partition coefficient (Wildman–Crippen LogP) is 11.8. The van der Waals surface area contributed by atoms with Crippen molar-refractivity contribution in [3.8, 4) is 17.1 Å². The highest BCUT2D eigenvalue weighted by atomic mass is 15.0. The molecule has 0 bridgehead atoms. The summed E-state index contributed by atoms with van der Waals surface area (Å²) in [5.74, 6) is 0. The van der Waals surface area contributed by atoms with Crippen LogP contribution in [0.4, 0.5) is 0 Å². The molecule has 18 rings (SSSR count). The summed E-state index contributed by atoms with van der Waals surface area (Å²) in [6.07, 6.45) is 0. The summed E-state index contributed by atoms with van der Waals surface area (Å²) in [4.78, 5) is 0. The maximum absolute atomic E-state index is 2.46. The molecule has 0 fully saturated rings. The molecular formula is C75H54B3N3. The fourth-order valence-electron chi connectivity index (χ4n) is 14.5. The Kier molecular flexibility index (Phi) is 10.9. The van der Waals surface area contributed by atoms with Crippen LogP contribution in [0.2, 0.25) is 0 Å². The highest BCUT2D eigenvalue weighted by Gasteiger charge is 2.36. The number of benzene rings is 12. The average molecular weight is 1030 g/mol. The van der Waals surface area contributed by atoms with Gasteiger partial charge in [0.05, 0.1) is 16.6 Å². The molecule has 3 aromatic heterocycles. The quantitative estimate of drug-likeness (QED) is 0.157. The monoisotopic (exact) mass is 1030 g/mol. The maximum Gasteiger partial charge on any atom is 0.247 e. The lowest BCUT2D eigenvalue weighted by atomic mass is 9.35. The van der Waals surface area contributed by atoms with Crippen LogP contribution in [0.5, 0.6) is 0 Å². The van der Waals surface area contributed by atoms with Gasteiger partial charge in [-0.25, -0.2) is 0 Å². The van der Waals surface area contributed by atoms with Gasteiger partial charge in [-0.3, -0.25) is 0 Å². The van der Waals surface area contributed by atoms with Gasteiger partial charge in [0.25, 0.3) is 0 Å². The topological polar surface area (TPSA) is 14.8 Å². The molecule has 6 heteroatoms. The van der Waals surface area contributed by atoms with Crippen LogP contribution < -0.4 is 49.2 Å². The summed E-state index contributed by atoms with van der Waals surface area (Å²) in [5.41, 5.74) is 28.2. The molecule has 0 radical (unpaired) electrons. The molecule has 6 heterocycles. The fourth-order valence-corrected chi connectivity index (χ4v) is 14.5. The summed E-state index contributed by atoms with van der Waals surface area (Å²) in [7, 11) is 0. The van der Waals surface area contributed by atoms with Crippen LogP contribution in [-0.4, -0.2) is 33.8 Å². The second-order valence-corrected chi connectivity index (χ2v) is 22.4. The molecule has 3 aliphatic heterocycles. The van der Waals surface area contributed by atoms with Crippen molar-refractivity contribution in [2.45, 2.75) is 20.8 Å². The van der Waals surface area contributed by atoms with E-state index in [1.807, 2.05) is 0 Å². The molecule has 378 valence electrons. The second kappa shape index (κ2) is 18.7. The van der Waals surface area contributed by atoms with E-state index in [1.165, 1.54) is 148 Å². The molecule has 12 aromatic carbocycles. The van der Waals surface area contributed by atoms with Crippen LogP contribution in [0.15, 0.2) is 273 Å². The van der Waals surface area contributed by atoms with Gasteiger partial charge in [-0.15, -0.1) is 0 Å². The zero-order chi connectivity index (χ0) is 53.9. The van der Waals surface area contributed by atoms with E-state index in [1.54, 1.807) is 0 Å². The van der Waals surface area contributed by atoms with E-state index in [4.69, 9.17) is 0 Å². The van der Waals surface area contributed by atoms with Crippen molar-refractivity contribution in [2.75, 3.05) is 0 Å². The van der Waals surface area contributed by atoms with E-state index >= 15 is 0 Å². The van der Waals surface area contributed by atoms with E-state index in [2.05, 4.69) is 307 Å². The van der Waals surface area contributed by atoms with Crippen molar-refractivity contribution in [3.63, 3.8) is 0 Å². The van der Waals surface area contributed by atoms with Crippen LogP contribution >= 0.6 is 0 Å². The van der Waals surface area contributed by atoms with E-state index in [0.29, 0.717) is 0 Å². The largest absolute Gasteiger partial charge is 0.310 e. The number of para-hydroxylation sites is 9. The molecule has 0 atom stereocenters. The number of hydrogen-bond donors (Lipinski definition) is 0. The first-order valence-corrected chi connectivity index (χ1v) is 28.5. The first kappa shape index (κ1) is 47.3. The van der Waals surface area contributed by atoms with Crippen molar-refractivity contribution in [1.29, 1.82) is 0 Å². The molecule has 15 aromatic rings. The van der Waals surface area contributed by atoms with Crippen LogP contribution in [0.3, 0.4) is 0 Å². The van der Waals surface area contributed by atoms with E-state index in [-0.39, 0.29) is 20.1 Å². The van der Waals surface area contributed by atoms with Crippen LogP contribution in [-0.2, 0) is 0 Å². The number of hydrogen-bond acceptors (Lipinski definition) is 0. The Balaban J connectivity index is 0.000000100. The van der Waals surface area contributed by atoms with Gasteiger partial charge in [-0.2, -0.15) is 0 Å². The highest BCUT2D eigenvalue weighted by molar-refractivity contribution is 6.99. The summed E-state index contributed by atoms with van der Waals surface area (Å²) in [5, 5.41) is 8.01. The van der Waals surface area contributed by atoms with Gasteiger partial charge in [-0.05, 0) is 89.9 Å². The van der Waals surface area contributed by atoms with Gasteiger partial charge in [0.1, 0.15) is 0 Å². The first-order chi connectivity index (χ1) is 40.0. The Hall–Kier alpha value is -9.77. The minimum Gasteiger partial charge on any atom is -0.310 e. The summed E-state index contributed by atoms with van der Waals surface area (Å²) in [6, 6.07) is 100. The minimum absolute atomic E-state index is 0.265. The van der Waals surface area contributed by atoms with Crippen molar-refractivity contribution in [1.82, 2.24) is 13.7 Å². The SMILES string of the molecule is Cc1ccc(B2c3ccccc3-n3c4ccccc4c4cccc2c43)cc1.Cc1cccc(B2c3ccccc3-n3c4ccccc4c4cccc2c43)c1.Cc1ccccc1B1c2ccccc2-n2c3ccccc3c3cccc1c32. The molecule has 81 heavy (non-hydrogen) atoms. The van der Waals surface area contributed by atoms with Gasteiger partial charge in [-0.1, -0.05) is 270 Å².